The van der Waals surface area contributed by atoms with Crippen LogP contribution in [-0.2, 0) is 9.59 Å². The van der Waals surface area contributed by atoms with Gasteiger partial charge in [-0.1, -0.05) is 43.0 Å². The van der Waals surface area contributed by atoms with Crippen molar-refractivity contribution in [2.24, 2.45) is 11.8 Å². The first-order chi connectivity index (χ1) is 13.4. The van der Waals surface area contributed by atoms with Crippen LogP contribution in [-0.4, -0.2) is 44.8 Å². The maximum atomic E-state index is 12.3. The van der Waals surface area contributed by atoms with E-state index < -0.39 is 18.0 Å². The molecule has 1 amide bonds. The molecule has 4 rings (SSSR count). The molecule has 0 aliphatic carbocycles. The van der Waals surface area contributed by atoms with E-state index in [0.717, 1.165) is 14.6 Å². The van der Waals surface area contributed by atoms with Gasteiger partial charge in [0, 0.05) is 11.7 Å². The molecule has 0 spiro atoms. The Bertz CT molecular complexity index is 984. The number of carbonyl (C=O) groups is 2. The zero-order valence-corrected chi connectivity index (χ0v) is 20.0. The number of benzene rings is 1. The topological polar surface area (TPSA) is 93.6 Å². The average Bonchev–Trinajstić information content (AvgIpc) is 3.15. The van der Waals surface area contributed by atoms with Crippen LogP contribution < -0.4 is 34.7 Å². The van der Waals surface area contributed by atoms with Gasteiger partial charge in [0.1, 0.15) is 0 Å². The summed E-state index contributed by atoms with van der Waals surface area (Å²) >= 11 is 3.20. The second-order valence-corrected chi connectivity index (χ2v) is 9.30. The van der Waals surface area contributed by atoms with Crippen LogP contribution in [0, 0.1) is 11.8 Å². The number of aliphatic hydroxyl groups excluding tert-OH is 1. The zero-order valence-electron chi connectivity index (χ0n) is 16.4. The standard InChI is InChI=1S/C20H20N2O4S2.Na/c1-10-12(17(19(25)26)22-16(10)15(11(2)23)18(22)24)6-5-9-27-20-21-13-7-3-4-8-14(13)28-20;/h3-8,10-11,15-16,23H,9H2,1-2H3,(H,25,26);/q;+1/p-1/b6-5+;. The van der Waals surface area contributed by atoms with Crippen LogP contribution in [0.1, 0.15) is 13.8 Å². The van der Waals surface area contributed by atoms with E-state index in [1.807, 2.05) is 37.3 Å². The first-order valence-corrected chi connectivity index (χ1v) is 10.8. The van der Waals surface area contributed by atoms with Gasteiger partial charge in [-0.25, -0.2) is 4.98 Å². The van der Waals surface area contributed by atoms with Gasteiger partial charge in [-0.05, 0) is 24.6 Å². The van der Waals surface area contributed by atoms with E-state index in [1.54, 1.807) is 36.1 Å². The molecule has 6 nitrogen and oxygen atoms in total. The van der Waals surface area contributed by atoms with Crippen LogP contribution in [0.15, 0.2) is 52.0 Å². The molecule has 2 aromatic rings. The van der Waals surface area contributed by atoms with E-state index in [2.05, 4.69) is 4.98 Å². The largest absolute Gasteiger partial charge is 1.00 e. The van der Waals surface area contributed by atoms with Crippen molar-refractivity contribution < 1.29 is 49.4 Å². The number of β-lactam (4-membered cyclic amide) rings is 1. The predicted molar refractivity (Wildman–Crippen MR) is 106 cm³/mol. The minimum Gasteiger partial charge on any atom is -0.543 e. The maximum Gasteiger partial charge on any atom is 1.00 e. The Morgan fingerprint density at radius 3 is 2.83 bits per heavy atom. The van der Waals surface area contributed by atoms with Gasteiger partial charge >= 0.3 is 29.6 Å². The van der Waals surface area contributed by atoms with E-state index >= 15 is 0 Å². The van der Waals surface area contributed by atoms with Crippen LogP contribution in [0.2, 0.25) is 0 Å². The molecule has 4 unspecified atom stereocenters. The number of nitrogens with zero attached hydrogens (tertiary/aromatic N) is 2. The van der Waals surface area contributed by atoms with Crippen molar-refractivity contribution in [3.8, 4) is 0 Å². The van der Waals surface area contributed by atoms with E-state index in [0.29, 0.717) is 11.3 Å². The number of aliphatic hydroxyl groups is 1. The van der Waals surface area contributed by atoms with E-state index in [-0.39, 0.29) is 53.1 Å². The van der Waals surface area contributed by atoms with Gasteiger partial charge in [-0.15, -0.1) is 11.3 Å². The molecule has 1 aromatic carbocycles. The number of rotatable bonds is 6. The summed E-state index contributed by atoms with van der Waals surface area (Å²) in [5.41, 5.74) is 1.48. The molecule has 2 aliphatic rings. The molecule has 4 atom stereocenters. The van der Waals surface area contributed by atoms with Crippen LogP contribution in [0.4, 0.5) is 0 Å². The number of carbonyl (C=O) groups excluding carboxylic acids is 2. The fourth-order valence-corrected chi connectivity index (χ4v) is 5.91. The molecular formula is C20H19N2NaO4S2. The maximum absolute atomic E-state index is 12.3. The summed E-state index contributed by atoms with van der Waals surface area (Å²) in [5.74, 6) is -1.81. The van der Waals surface area contributed by atoms with Crippen molar-refractivity contribution in [3.05, 3.63) is 47.7 Å². The van der Waals surface area contributed by atoms with Crippen LogP contribution in [0.5, 0.6) is 0 Å². The molecule has 1 saturated heterocycles. The SMILES string of the molecule is CC(O)C1C(=O)N2C(C(=O)[O-])=C(/C=C/CSc3nc4ccccc4s3)C(C)C12.[Na+]. The number of para-hydroxylation sites is 1. The third kappa shape index (κ3) is 3.94. The quantitative estimate of drug-likeness (QED) is 0.346. The Morgan fingerprint density at radius 1 is 1.45 bits per heavy atom. The molecule has 1 N–H and O–H groups in total. The minimum absolute atomic E-state index is 0. The fraction of sp³-hybridized carbons (Fsp3) is 0.350. The van der Waals surface area contributed by atoms with Crippen LogP contribution >= 0.6 is 23.1 Å². The molecule has 1 aromatic heterocycles. The van der Waals surface area contributed by atoms with Gasteiger partial charge in [-0.3, -0.25) is 4.79 Å². The average molecular weight is 439 g/mol. The molecule has 0 bridgehead atoms. The van der Waals surface area contributed by atoms with E-state index in [1.165, 1.54) is 4.90 Å². The number of allylic oxidation sites excluding steroid dienone is 1. The van der Waals surface area contributed by atoms with Gasteiger partial charge in [0.25, 0.3) is 0 Å². The number of aliphatic carboxylic acids is 1. The van der Waals surface area contributed by atoms with Gasteiger partial charge in [0.15, 0.2) is 4.34 Å². The van der Waals surface area contributed by atoms with Crippen molar-refractivity contribution in [2.75, 3.05) is 5.75 Å². The van der Waals surface area contributed by atoms with Gasteiger partial charge in [-0.2, -0.15) is 0 Å². The number of carboxylic acid groups (broad SMARTS) is 1. The molecule has 2 aliphatic heterocycles. The molecule has 1 fully saturated rings. The number of carboxylic acids is 1. The van der Waals surface area contributed by atoms with Gasteiger partial charge in [0.05, 0.1) is 39.9 Å². The second kappa shape index (κ2) is 8.91. The first kappa shape index (κ1) is 22.5. The summed E-state index contributed by atoms with van der Waals surface area (Å²) in [5, 5.41) is 21.5. The number of fused-ring (bicyclic) bond motifs is 2. The molecular weight excluding hydrogens is 419 g/mol. The van der Waals surface area contributed by atoms with Crippen molar-refractivity contribution >= 4 is 45.2 Å². The Morgan fingerprint density at radius 2 is 2.17 bits per heavy atom. The summed E-state index contributed by atoms with van der Waals surface area (Å²) in [6.07, 6.45) is 2.84. The summed E-state index contributed by atoms with van der Waals surface area (Å²) in [7, 11) is 0. The Balaban J connectivity index is 0.00000240. The molecule has 9 heteroatoms. The summed E-state index contributed by atoms with van der Waals surface area (Å²) in [6, 6.07) is 7.62. The number of thioether (sulfide) groups is 1. The smallest absolute Gasteiger partial charge is 0.543 e. The van der Waals surface area contributed by atoms with Crippen molar-refractivity contribution in [3.63, 3.8) is 0 Å². The molecule has 0 radical (unpaired) electrons. The normalized spacial score (nSPS) is 24.6. The van der Waals surface area contributed by atoms with Crippen molar-refractivity contribution in [2.45, 2.75) is 30.3 Å². The Kier molecular flexibility index (Phi) is 6.92. The Labute approximate surface area is 199 Å². The van der Waals surface area contributed by atoms with Crippen LogP contribution in [0.25, 0.3) is 10.2 Å². The zero-order chi connectivity index (χ0) is 20.0. The summed E-state index contributed by atoms with van der Waals surface area (Å²) in [4.78, 5) is 29.8. The van der Waals surface area contributed by atoms with Crippen molar-refractivity contribution in [1.82, 2.24) is 9.88 Å². The monoisotopic (exact) mass is 438 g/mol. The molecule has 3 heterocycles. The Hall–Kier alpha value is -1.16. The summed E-state index contributed by atoms with van der Waals surface area (Å²) in [6.45, 7) is 3.45. The molecule has 146 valence electrons. The predicted octanol–water partition coefficient (Wildman–Crippen LogP) is -1.19. The number of hydrogen-bond donors (Lipinski definition) is 1. The third-order valence-electron chi connectivity index (χ3n) is 5.29. The van der Waals surface area contributed by atoms with E-state index in [9.17, 15) is 19.8 Å². The summed E-state index contributed by atoms with van der Waals surface area (Å²) < 4.78 is 2.08. The molecule has 29 heavy (non-hydrogen) atoms. The van der Waals surface area contributed by atoms with Gasteiger partial charge < -0.3 is 19.9 Å². The third-order valence-corrected chi connectivity index (χ3v) is 7.43. The number of hydrogen-bond acceptors (Lipinski definition) is 7. The van der Waals surface area contributed by atoms with Crippen molar-refractivity contribution in [1.29, 1.82) is 0 Å². The second-order valence-electron chi connectivity index (χ2n) is 7.01. The van der Waals surface area contributed by atoms with E-state index in [4.69, 9.17) is 0 Å². The first-order valence-electron chi connectivity index (χ1n) is 9.01. The van der Waals surface area contributed by atoms with Crippen LogP contribution in [0.3, 0.4) is 0 Å². The number of amides is 1. The fourth-order valence-electron chi connectivity index (χ4n) is 4.01. The van der Waals surface area contributed by atoms with Gasteiger partial charge in [0.2, 0.25) is 5.91 Å². The number of aromatic nitrogens is 1. The number of thiazole rings is 1. The minimum atomic E-state index is -1.36. The molecule has 0 saturated carbocycles.